The largest absolute Gasteiger partial charge is 0.491 e. The number of rotatable bonds is 37. The highest BCUT2D eigenvalue weighted by atomic mass is 16.6. The maximum Gasteiger partial charge on any atom is 0.119 e. The van der Waals surface area contributed by atoms with E-state index < -0.39 is 0 Å². The third-order valence-electron chi connectivity index (χ3n) is 8.34. The molecule has 2 rings (SSSR count). The van der Waals surface area contributed by atoms with Gasteiger partial charge in [0.25, 0.3) is 0 Å². The molecule has 0 spiro atoms. The first-order valence-electron chi connectivity index (χ1n) is 19.7. The summed E-state index contributed by atoms with van der Waals surface area (Å²) < 4.78 is 45.0. The molecule has 0 atom stereocenters. The molecular weight excluding hydrogens is 632 g/mol. The highest BCUT2D eigenvalue weighted by Gasteiger charge is 2.00. The number of benzene rings is 2. The smallest absolute Gasteiger partial charge is 0.119 e. The van der Waals surface area contributed by atoms with Gasteiger partial charge in [-0.05, 0) is 61.1 Å². The third kappa shape index (κ3) is 26.6. The number of unbranched alkanes of at least 4 members (excludes halogenated alkanes) is 10. The zero-order valence-electron chi connectivity index (χ0n) is 31.7. The van der Waals surface area contributed by atoms with E-state index in [-0.39, 0.29) is 0 Å². The fourth-order valence-electron chi connectivity index (χ4n) is 5.36. The van der Waals surface area contributed by atoms with Gasteiger partial charge in [0.05, 0.1) is 79.3 Å². The molecule has 0 heterocycles. The molecule has 8 heteroatoms. The van der Waals surface area contributed by atoms with Crippen molar-refractivity contribution in [3.8, 4) is 11.5 Å². The SMILES string of the molecule is CCCCCCCCc1ccc(OCCOCCOCCOCCOCCOCCOCCOc2ccc(CCCCCCCC)cc2)cc1. The van der Waals surface area contributed by atoms with Gasteiger partial charge in [-0.2, -0.15) is 0 Å². The molecule has 0 saturated carbocycles. The van der Waals surface area contributed by atoms with Crippen molar-refractivity contribution in [1.29, 1.82) is 0 Å². The van der Waals surface area contributed by atoms with Gasteiger partial charge in [-0.1, -0.05) is 102 Å². The van der Waals surface area contributed by atoms with Crippen molar-refractivity contribution in [2.24, 2.45) is 0 Å². The average molecular weight is 703 g/mol. The van der Waals surface area contributed by atoms with Crippen molar-refractivity contribution in [1.82, 2.24) is 0 Å². The molecule has 0 N–H and O–H groups in total. The Morgan fingerprint density at radius 1 is 0.300 bits per heavy atom. The van der Waals surface area contributed by atoms with Gasteiger partial charge >= 0.3 is 0 Å². The Morgan fingerprint density at radius 3 is 0.860 bits per heavy atom. The summed E-state index contributed by atoms with van der Waals surface area (Å²) in [6.07, 6.45) is 18.2. The van der Waals surface area contributed by atoms with Gasteiger partial charge in [-0.25, -0.2) is 0 Å². The van der Waals surface area contributed by atoms with E-state index in [9.17, 15) is 0 Å². The summed E-state index contributed by atoms with van der Waals surface area (Å²) in [7, 11) is 0. The summed E-state index contributed by atoms with van der Waals surface area (Å²) in [5, 5.41) is 0. The van der Waals surface area contributed by atoms with Crippen LogP contribution in [0.1, 0.15) is 102 Å². The van der Waals surface area contributed by atoms with Crippen LogP contribution in [0.3, 0.4) is 0 Å². The molecule has 286 valence electrons. The molecule has 0 fully saturated rings. The van der Waals surface area contributed by atoms with Crippen LogP contribution in [0.5, 0.6) is 11.5 Å². The fraction of sp³-hybridized carbons (Fsp3) is 0.714. The second-order valence-corrected chi connectivity index (χ2v) is 12.7. The zero-order valence-corrected chi connectivity index (χ0v) is 31.7. The maximum atomic E-state index is 5.78. The van der Waals surface area contributed by atoms with Crippen LogP contribution in [0.4, 0.5) is 0 Å². The minimum atomic E-state index is 0.530. The minimum absolute atomic E-state index is 0.530. The van der Waals surface area contributed by atoms with Crippen LogP contribution < -0.4 is 9.47 Å². The molecule has 50 heavy (non-hydrogen) atoms. The second kappa shape index (κ2) is 33.9. The van der Waals surface area contributed by atoms with Gasteiger partial charge in [-0.3, -0.25) is 0 Å². The lowest BCUT2D eigenvalue weighted by Crippen LogP contribution is -2.15. The van der Waals surface area contributed by atoms with Crippen LogP contribution in [0, 0.1) is 0 Å². The molecule has 0 aliphatic rings. The molecular formula is C42H70O8. The topological polar surface area (TPSA) is 73.8 Å². The van der Waals surface area contributed by atoms with Gasteiger partial charge in [-0.15, -0.1) is 0 Å². The van der Waals surface area contributed by atoms with Gasteiger partial charge < -0.3 is 37.9 Å². The summed E-state index contributed by atoms with van der Waals surface area (Å²) in [6, 6.07) is 16.9. The van der Waals surface area contributed by atoms with E-state index in [1.165, 1.54) is 88.2 Å². The molecule has 0 bridgehead atoms. The Kier molecular flexibility index (Phi) is 29.8. The van der Waals surface area contributed by atoms with Crippen LogP contribution in [-0.4, -0.2) is 92.5 Å². The quantitative estimate of drug-likeness (QED) is 0.0646. The van der Waals surface area contributed by atoms with E-state index in [0.29, 0.717) is 92.5 Å². The molecule has 0 aliphatic carbocycles. The summed E-state index contributed by atoms with van der Waals surface area (Å²) in [5.74, 6) is 1.78. The molecule has 0 aliphatic heterocycles. The zero-order chi connectivity index (χ0) is 35.4. The molecule has 2 aromatic carbocycles. The molecule has 2 aromatic rings. The first-order valence-corrected chi connectivity index (χ1v) is 19.7. The first kappa shape index (κ1) is 44.0. The van der Waals surface area contributed by atoms with E-state index in [1.54, 1.807) is 0 Å². The van der Waals surface area contributed by atoms with Crippen LogP contribution in [0.25, 0.3) is 0 Å². The molecule has 8 nitrogen and oxygen atoms in total. The highest BCUT2D eigenvalue weighted by Crippen LogP contribution is 2.16. The molecule has 0 saturated heterocycles. The summed E-state index contributed by atoms with van der Waals surface area (Å²) in [5.41, 5.74) is 2.77. The number of hydrogen-bond donors (Lipinski definition) is 0. The van der Waals surface area contributed by atoms with Crippen LogP contribution in [-0.2, 0) is 41.3 Å². The Hall–Kier alpha value is -2.20. The van der Waals surface area contributed by atoms with Crippen LogP contribution in [0.2, 0.25) is 0 Å². The Balaban J connectivity index is 1.24. The normalized spacial score (nSPS) is 11.3. The van der Waals surface area contributed by atoms with E-state index >= 15 is 0 Å². The molecule has 0 radical (unpaired) electrons. The lowest BCUT2D eigenvalue weighted by atomic mass is 10.0. The maximum absolute atomic E-state index is 5.78. The summed E-state index contributed by atoms with van der Waals surface area (Å²) in [4.78, 5) is 0. The third-order valence-corrected chi connectivity index (χ3v) is 8.34. The summed E-state index contributed by atoms with van der Waals surface area (Å²) in [6.45, 7) is 12.0. The van der Waals surface area contributed by atoms with Crippen molar-refractivity contribution in [3.05, 3.63) is 59.7 Å². The van der Waals surface area contributed by atoms with E-state index in [2.05, 4.69) is 62.4 Å². The van der Waals surface area contributed by atoms with Gasteiger partial charge in [0.2, 0.25) is 0 Å². The number of aryl methyl sites for hydroxylation is 2. The average Bonchev–Trinajstić information content (AvgIpc) is 3.14. The van der Waals surface area contributed by atoms with Crippen LogP contribution in [0.15, 0.2) is 48.5 Å². The van der Waals surface area contributed by atoms with Crippen LogP contribution >= 0.6 is 0 Å². The van der Waals surface area contributed by atoms with E-state index in [4.69, 9.17) is 37.9 Å². The first-order chi connectivity index (χ1) is 24.8. The molecule has 0 aromatic heterocycles. The lowest BCUT2D eigenvalue weighted by molar-refractivity contribution is -0.0187. The molecule has 0 amide bonds. The standard InChI is InChI=1S/C42H70O8/c1-3-5-7-9-11-13-15-39-17-21-41(22-18-39)49-37-35-47-33-31-45-29-27-43-25-26-44-28-30-46-32-34-48-36-38-50-42-23-19-40(20-24-42)16-14-12-10-8-6-4-2/h17-24H,3-16,25-38H2,1-2H3. The second-order valence-electron chi connectivity index (χ2n) is 12.7. The number of ether oxygens (including phenoxy) is 8. The Morgan fingerprint density at radius 2 is 0.560 bits per heavy atom. The van der Waals surface area contributed by atoms with Crippen molar-refractivity contribution in [3.63, 3.8) is 0 Å². The van der Waals surface area contributed by atoms with Gasteiger partial charge in [0.15, 0.2) is 0 Å². The van der Waals surface area contributed by atoms with Crippen molar-refractivity contribution < 1.29 is 37.9 Å². The van der Waals surface area contributed by atoms with Crippen molar-refractivity contribution in [2.75, 3.05) is 92.5 Å². The lowest BCUT2D eigenvalue weighted by Gasteiger charge is -2.09. The molecule has 0 unspecified atom stereocenters. The highest BCUT2D eigenvalue weighted by molar-refractivity contribution is 5.28. The van der Waals surface area contributed by atoms with Gasteiger partial charge in [0.1, 0.15) is 24.7 Å². The van der Waals surface area contributed by atoms with E-state index in [0.717, 1.165) is 24.3 Å². The van der Waals surface area contributed by atoms with Crippen molar-refractivity contribution in [2.45, 2.75) is 104 Å². The summed E-state index contributed by atoms with van der Waals surface area (Å²) >= 11 is 0. The monoisotopic (exact) mass is 703 g/mol. The number of hydrogen-bond acceptors (Lipinski definition) is 8. The Bertz CT molecular complexity index is 889. The fourth-order valence-corrected chi connectivity index (χ4v) is 5.36. The minimum Gasteiger partial charge on any atom is -0.491 e. The van der Waals surface area contributed by atoms with Gasteiger partial charge in [0, 0.05) is 0 Å². The van der Waals surface area contributed by atoms with E-state index in [1.807, 2.05) is 0 Å². The predicted octanol–water partition coefficient (Wildman–Crippen LogP) is 9.05. The predicted molar refractivity (Wildman–Crippen MR) is 203 cm³/mol. The Labute approximate surface area is 304 Å². The van der Waals surface area contributed by atoms with Crippen molar-refractivity contribution >= 4 is 0 Å².